The van der Waals surface area contributed by atoms with Crippen LogP contribution in [0.15, 0.2) is 0 Å². The van der Waals surface area contributed by atoms with Crippen LogP contribution in [0.3, 0.4) is 0 Å². The number of amides is 1. The third-order valence-electron chi connectivity index (χ3n) is 4.98. The van der Waals surface area contributed by atoms with Gasteiger partial charge in [-0.05, 0) is 62.7 Å². The number of nitrogens with one attached hydrogen (secondary N) is 1. The summed E-state index contributed by atoms with van der Waals surface area (Å²) in [6.45, 7) is 2.32. The van der Waals surface area contributed by atoms with Crippen molar-refractivity contribution >= 4 is 5.91 Å². The van der Waals surface area contributed by atoms with Crippen LogP contribution in [0.4, 0.5) is 0 Å². The molecule has 90 valence electrons. The Morgan fingerprint density at radius 3 is 2.25 bits per heavy atom. The Morgan fingerprint density at radius 2 is 1.62 bits per heavy atom. The van der Waals surface area contributed by atoms with Crippen LogP contribution < -0.4 is 5.32 Å². The molecule has 0 aromatic rings. The first-order valence-electron chi connectivity index (χ1n) is 7.02. The lowest BCUT2D eigenvalue weighted by Crippen LogP contribution is -2.40. The first kappa shape index (κ1) is 10.6. The molecule has 0 heterocycles. The van der Waals surface area contributed by atoms with Gasteiger partial charge in [-0.25, -0.2) is 0 Å². The van der Waals surface area contributed by atoms with Crippen molar-refractivity contribution in [3.05, 3.63) is 0 Å². The molecular formula is C14H23NO. The molecule has 3 fully saturated rings. The molecule has 0 bridgehead atoms. The molecule has 2 atom stereocenters. The van der Waals surface area contributed by atoms with E-state index in [0.29, 0.717) is 17.9 Å². The molecule has 0 radical (unpaired) electrons. The summed E-state index contributed by atoms with van der Waals surface area (Å²) < 4.78 is 0. The van der Waals surface area contributed by atoms with E-state index in [0.717, 1.165) is 17.8 Å². The average molecular weight is 221 g/mol. The maximum absolute atomic E-state index is 12.1. The summed E-state index contributed by atoms with van der Waals surface area (Å²) in [6, 6.07) is 0.487. The van der Waals surface area contributed by atoms with Gasteiger partial charge in [0.2, 0.25) is 5.91 Å². The number of carbonyl (C=O) groups excluding carboxylic acids is 1. The molecule has 0 saturated heterocycles. The van der Waals surface area contributed by atoms with E-state index in [1.54, 1.807) is 0 Å². The monoisotopic (exact) mass is 221 g/mol. The molecule has 1 N–H and O–H groups in total. The van der Waals surface area contributed by atoms with Crippen molar-refractivity contribution in [1.29, 1.82) is 0 Å². The largest absolute Gasteiger partial charge is 0.353 e. The molecule has 3 aliphatic rings. The molecule has 3 aliphatic carbocycles. The van der Waals surface area contributed by atoms with Crippen molar-refractivity contribution in [2.24, 2.45) is 23.7 Å². The van der Waals surface area contributed by atoms with Crippen LogP contribution in [0.2, 0.25) is 0 Å². The van der Waals surface area contributed by atoms with Crippen molar-refractivity contribution in [3.63, 3.8) is 0 Å². The second-order valence-electron chi connectivity index (χ2n) is 6.39. The lowest BCUT2D eigenvalue weighted by atomic mass is 9.87. The minimum Gasteiger partial charge on any atom is -0.353 e. The third kappa shape index (κ3) is 2.11. The fourth-order valence-electron chi connectivity index (χ4n) is 3.65. The number of rotatable bonds is 2. The Kier molecular flexibility index (Phi) is 2.68. The number of fused-ring (bicyclic) bond motifs is 1. The molecule has 0 aliphatic heterocycles. The van der Waals surface area contributed by atoms with E-state index in [9.17, 15) is 4.79 Å². The molecule has 0 aromatic heterocycles. The second-order valence-corrected chi connectivity index (χ2v) is 6.39. The van der Waals surface area contributed by atoms with Crippen molar-refractivity contribution in [2.45, 2.75) is 57.9 Å². The lowest BCUT2D eigenvalue weighted by molar-refractivity contribution is -0.126. The summed E-state index contributed by atoms with van der Waals surface area (Å²) in [4.78, 5) is 12.1. The van der Waals surface area contributed by atoms with Crippen LogP contribution in [0.1, 0.15) is 51.9 Å². The Hall–Kier alpha value is -0.530. The minimum absolute atomic E-state index is 0.364. The highest BCUT2D eigenvalue weighted by Gasteiger charge is 2.48. The molecule has 1 amide bonds. The van der Waals surface area contributed by atoms with Crippen LogP contribution in [0.25, 0.3) is 0 Å². The fraction of sp³-hybridized carbons (Fsp3) is 0.929. The first-order chi connectivity index (χ1) is 7.72. The van der Waals surface area contributed by atoms with Gasteiger partial charge in [0.25, 0.3) is 0 Å². The highest BCUT2D eigenvalue weighted by molar-refractivity contribution is 5.79. The number of hydrogen-bond donors (Lipinski definition) is 1. The quantitative estimate of drug-likeness (QED) is 0.763. The van der Waals surface area contributed by atoms with Gasteiger partial charge in [-0.3, -0.25) is 4.79 Å². The minimum atomic E-state index is 0.364. The molecule has 0 aromatic carbocycles. The molecule has 3 rings (SSSR count). The summed E-state index contributed by atoms with van der Waals surface area (Å²) in [6.07, 6.45) is 8.75. The normalized spacial score (nSPS) is 46.2. The maximum Gasteiger partial charge on any atom is 0.223 e. The zero-order valence-corrected chi connectivity index (χ0v) is 10.2. The average Bonchev–Trinajstić information content (AvgIpc) is 2.89. The van der Waals surface area contributed by atoms with E-state index < -0.39 is 0 Å². The highest BCUT2D eigenvalue weighted by Crippen LogP contribution is 2.54. The van der Waals surface area contributed by atoms with Crippen LogP contribution in [-0.4, -0.2) is 11.9 Å². The Labute approximate surface area is 98.2 Å². The summed E-state index contributed by atoms with van der Waals surface area (Å²) in [7, 11) is 0. The standard InChI is InChI=1S/C14H23NO/c1-9-2-4-13(5-3-9)15-14(16)12-7-10-6-11(10)8-12/h9-13H,2-8H2,1H3,(H,15,16). The van der Waals surface area contributed by atoms with Crippen molar-refractivity contribution < 1.29 is 4.79 Å². The van der Waals surface area contributed by atoms with Gasteiger partial charge in [0.05, 0.1) is 0 Å². The van der Waals surface area contributed by atoms with Crippen LogP contribution in [0, 0.1) is 23.7 Å². The predicted octanol–water partition coefficient (Wildman–Crippen LogP) is 2.73. The van der Waals surface area contributed by atoms with E-state index in [2.05, 4.69) is 12.2 Å². The van der Waals surface area contributed by atoms with E-state index in [1.165, 1.54) is 44.9 Å². The Balaban J connectivity index is 1.45. The number of carbonyl (C=O) groups is 1. The van der Waals surface area contributed by atoms with Gasteiger partial charge >= 0.3 is 0 Å². The summed E-state index contributed by atoms with van der Waals surface area (Å²) >= 11 is 0. The molecule has 0 spiro atoms. The Morgan fingerprint density at radius 1 is 1.00 bits per heavy atom. The van der Waals surface area contributed by atoms with Crippen LogP contribution in [-0.2, 0) is 4.79 Å². The van der Waals surface area contributed by atoms with E-state index >= 15 is 0 Å². The zero-order chi connectivity index (χ0) is 11.1. The van der Waals surface area contributed by atoms with E-state index in [1.807, 2.05) is 0 Å². The van der Waals surface area contributed by atoms with Crippen molar-refractivity contribution in [1.82, 2.24) is 5.32 Å². The summed E-state index contributed by atoms with van der Waals surface area (Å²) in [5, 5.41) is 3.28. The lowest BCUT2D eigenvalue weighted by Gasteiger charge is -2.28. The zero-order valence-electron chi connectivity index (χ0n) is 10.2. The van der Waals surface area contributed by atoms with E-state index in [4.69, 9.17) is 0 Å². The van der Waals surface area contributed by atoms with Gasteiger partial charge < -0.3 is 5.32 Å². The Bertz CT molecular complexity index is 270. The third-order valence-corrected chi connectivity index (χ3v) is 4.98. The van der Waals surface area contributed by atoms with Gasteiger partial charge in [0.15, 0.2) is 0 Å². The van der Waals surface area contributed by atoms with Gasteiger partial charge in [0, 0.05) is 12.0 Å². The molecular weight excluding hydrogens is 198 g/mol. The van der Waals surface area contributed by atoms with Crippen LogP contribution >= 0.6 is 0 Å². The second kappa shape index (κ2) is 4.05. The van der Waals surface area contributed by atoms with Crippen molar-refractivity contribution in [2.75, 3.05) is 0 Å². The summed E-state index contributed by atoms with van der Waals surface area (Å²) in [5.41, 5.74) is 0. The van der Waals surface area contributed by atoms with Gasteiger partial charge in [-0.15, -0.1) is 0 Å². The van der Waals surface area contributed by atoms with E-state index in [-0.39, 0.29) is 0 Å². The predicted molar refractivity (Wildman–Crippen MR) is 63.9 cm³/mol. The van der Waals surface area contributed by atoms with Crippen LogP contribution in [0.5, 0.6) is 0 Å². The smallest absolute Gasteiger partial charge is 0.223 e. The van der Waals surface area contributed by atoms with Gasteiger partial charge in [-0.2, -0.15) is 0 Å². The topological polar surface area (TPSA) is 29.1 Å². The highest BCUT2D eigenvalue weighted by atomic mass is 16.1. The first-order valence-corrected chi connectivity index (χ1v) is 7.02. The molecule has 3 saturated carbocycles. The number of hydrogen-bond acceptors (Lipinski definition) is 1. The van der Waals surface area contributed by atoms with Gasteiger partial charge in [-0.1, -0.05) is 6.92 Å². The maximum atomic E-state index is 12.1. The fourth-order valence-corrected chi connectivity index (χ4v) is 3.65. The molecule has 2 heteroatoms. The molecule has 2 nitrogen and oxygen atoms in total. The van der Waals surface area contributed by atoms with Gasteiger partial charge in [0.1, 0.15) is 0 Å². The van der Waals surface area contributed by atoms with Crippen molar-refractivity contribution in [3.8, 4) is 0 Å². The SMILES string of the molecule is CC1CCC(NC(=O)C2CC3CC3C2)CC1. The molecule has 16 heavy (non-hydrogen) atoms. The molecule has 2 unspecified atom stereocenters. The summed E-state index contributed by atoms with van der Waals surface area (Å²) in [5.74, 6) is 3.44.